The fourth-order valence-corrected chi connectivity index (χ4v) is 1.69. The molecule has 1 rings (SSSR count). The van der Waals surface area contributed by atoms with Gasteiger partial charge in [0.15, 0.2) is 0 Å². The van der Waals surface area contributed by atoms with Crippen molar-refractivity contribution in [1.29, 1.82) is 0 Å². The third-order valence-corrected chi connectivity index (χ3v) is 2.39. The lowest BCUT2D eigenvalue weighted by Crippen LogP contribution is -2.21. The molecule has 0 aromatic carbocycles. The van der Waals surface area contributed by atoms with Crippen LogP contribution in [-0.4, -0.2) is 24.5 Å². The summed E-state index contributed by atoms with van der Waals surface area (Å²) < 4.78 is 0. The molecule has 96 valence electrons. The Kier molecular flexibility index (Phi) is 16.1. The fraction of sp³-hybridized carbons (Fsp3) is 0.733. The van der Waals surface area contributed by atoms with Gasteiger partial charge < -0.3 is 4.90 Å². The van der Waals surface area contributed by atoms with Gasteiger partial charge >= 0.3 is 0 Å². The molecule has 1 nitrogen and oxygen atoms in total. The Balaban J connectivity index is 0. The second-order valence-corrected chi connectivity index (χ2v) is 4.03. The van der Waals surface area contributed by atoms with E-state index >= 15 is 0 Å². The number of likely N-dealkylation sites (tertiary alicyclic amines) is 1. The molecule has 0 aromatic rings. The predicted octanol–water partition coefficient (Wildman–Crippen LogP) is 4.51. The normalized spacial score (nSPS) is 18.9. The number of unbranched alkanes of at least 4 members (excludes halogenated alkanes) is 1. The van der Waals surface area contributed by atoms with E-state index in [1.165, 1.54) is 38.9 Å². The molecular weight excluding hydrogens is 194 g/mol. The van der Waals surface area contributed by atoms with E-state index in [-0.39, 0.29) is 0 Å². The molecule has 0 aliphatic carbocycles. The highest BCUT2D eigenvalue weighted by atomic mass is 15.1. The van der Waals surface area contributed by atoms with Gasteiger partial charge in [0.25, 0.3) is 0 Å². The molecule has 0 N–H and O–H groups in total. The van der Waals surface area contributed by atoms with Crippen molar-refractivity contribution in [1.82, 2.24) is 4.90 Å². The van der Waals surface area contributed by atoms with Crippen LogP contribution in [0.25, 0.3) is 0 Å². The Morgan fingerprint density at radius 2 is 1.88 bits per heavy atom. The van der Waals surface area contributed by atoms with E-state index in [0.717, 1.165) is 5.92 Å². The average Bonchev–Trinajstić information content (AvgIpc) is 2.69. The van der Waals surface area contributed by atoms with Gasteiger partial charge in [-0.25, -0.2) is 0 Å². The molecule has 0 amide bonds. The third-order valence-electron chi connectivity index (χ3n) is 2.39. The number of hydrogen-bond donors (Lipinski definition) is 0. The van der Waals surface area contributed by atoms with Crippen molar-refractivity contribution >= 4 is 0 Å². The van der Waals surface area contributed by atoms with Crippen LogP contribution in [0.1, 0.15) is 47.0 Å². The highest BCUT2D eigenvalue weighted by Gasteiger charge is 2.16. The van der Waals surface area contributed by atoms with Crippen molar-refractivity contribution in [3.63, 3.8) is 0 Å². The first kappa shape index (κ1) is 17.8. The Morgan fingerprint density at radius 3 is 2.25 bits per heavy atom. The molecule has 0 spiro atoms. The molecule has 1 heterocycles. The highest BCUT2D eigenvalue weighted by molar-refractivity contribution is 4.73. The predicted molar refractivity (Wildman–Crippen MR) is 76.9 cm³/mol. The zero-order valence-electron chi connectivity index (χ0n) is 11.8. The maximum atomic E-state index is 3.72. The van der Waals surface area contributed by atoms with E-state index in [2.05, 4.69) is 25.0 Å². The Hall–Kier alpha value is -0.560. The van der Waals surface area contributed by atoms with E-state index < -0.39 is 0 Å². The summed E-state index contributed by atoms with van der Waals surface area (Å²) in [5.74, 6) is 0.929. The Labute approximate surface area is 103 Å². The van der Waals surface area contributed by atoms with Crippen LogP contribution < -0.4 is 0 Å². The number of hydrogen-bond acceptors (Lipinski definition) is 1. The topological polar surface area (TPSA) is 3.24 Å². The summed E-state index contributed by atoms with van der Waals surface area (Å²) in [5.41, 5.74) is 0. The number of nitrogens with zero attached hydrogens (tertiary/aromatic N) is 1. The molecule has 1 aliphatic heterocycles. The van der Waals surface area contributed by atoms with Crippen molar-refractivity contribution in [3.05, 3.63) is 25.3 Å². The summed E-state index contributed by atoms with van der Waals surface area (Å²) in [6, 6.07) is 0. The summed E-state index contributed by atoms with van der Waals surface area (Å²) >= 11 is 0. The second-order valence-electron chi connectivity index (χ2n) is 4.03. The summed E-state index contributed by atoms with van der Waals surface area (Å²) in [4.78, 5) is 2.56. The van der Waals surface area contributed by atoms with Gasteiger partial charge in [0.1, 0.15) is 0 Å². The summed E-state index contributed by atoms with van der Waals surface area (Å²) in [5, 5.41) is 0. The smallest absolute Gasteiger partial charge is 0.000750 e. The maximum absolute atomic E-state index is 3.72. The van der Waals surface area contributed by atoms with Crippen LogP contribution in [0, 0.1) is 5.92 Å². The minimum Gasteiger partial charge on any atom is -0.303 e. The number of allylic oxidation sites excluding steroid dienone is 2. The first-order chi connectivity index (χ1) is 7.74. The van der Waals surface area contributed by atoms with E-state index in [0.29, 0.717) is 0 Å². The molecule has 1 fully saturated rings. The van der Waals surface area contributed by atoms with Gasteiger partial charge in [-0.15, -0.1) is 13.2 Å². The van der Waals surface area contributed by atoms with Crippen LogP contribution in [0.4, 0.5) is 0 Å². The molecule has 1 saturated heterocycles. The minimum atomic E-state index is 0.929. The fourth-order valence-electron chi connectivity index (χ4n) is 1.69. The van der Waals surface area contributed by atoms with E-state index in [1.807, 2.05) is 26.8 Å². The molecule has 1 atom stereocenters. The zero-order chi connectivity index (χ0) is 12.8. The molecule has 1 heteroatoms. The Bertz CT molecular complexity index is 152. The first-order valence-electron chi connectivity index (χ1n) is 6.64. The van der Waals surface area contributed by atoms with Crippen molar-refractivity contribution in [3.8, 4) is 0 Å². The SMILES string of the molecule is C=CC.C=CCCCN1CCC(C)C1.CC. The van der Waals surface area contributed by atoms with Crippen molar-refractivity contribution in [2.24, 2.45) is 5.92 Å². The minimum absolute atomic E-state index is 0.929. The van der Waals surface area contributed by atoms with Gasteiger partial charge in [0, 0.05) is 6.54 Å². The third kappa shape index (κ3) is 11.5. The highest BCUT2D eigenvalue weighted by Crippen LogP contribution is 2.15. The summed E-state index contributed by atoms with van der Waals surface area (Å²) in [6.07, 6.45) is 7.62. The van der Waals surface area contributed by atoms with Crippen LogP contribution in [0.2, 0.25) is 0 Å². The standard InChI is InChI=1S/C10H19N.C3H6.C2H6/c1-3-4-5-7-11-8-6-10(2)9-11;1-3-2;1-2/h3,10H,1,4-9H2,2H3;3H,1H2,2H3;1-2H3. The van der Waals surface area contributed by atoms with Gasteiger partial charge in [-0.2, -0.15) is 0 Å². The van der Waals surface area contributed by atoms with Gasteiger partial charge in [0.2, 0.25) is 0 Å². The molecule has 0 aromatic heterocycles. The summed E-state index contributed by atoms with van der Waals surface area (Å²) in [6.45, 7) is 19.2. The number of rotatable bonds is 4. The van der Waals surface area contributed by atoms with Gasteiger partial charge in [0.05, 0.1) is 0 Å². The molecular formula is C15H31N. The zero-order valence-corrected chi connectivity index (χ0v) is 11.8. The first-order valence-corrected chi connectivity index (χ1v) is 6.64. The molecule has 0 saturated carbocycles. The van der Waals surface area contributed by atoms with Gasteiger partial charge in [-0.3, -0.25) is 0 Å². The van der Waals surface area contributed by atoms with E-state index in [9.17, 15) is 0 Å². The molecule has 1 unspecified atom stereocenters. The Morgan fingerprint density at radius 1 is 1.31 bits per heavy atom. The molecule has 1 aliphatic rings. The van der Waals surface area contributed by atoms with Crippen LogP contribution in [0.3, 0.4) is 0 Å². The van der Waals surface area contributed by atoms with Gasteiger partial charge in [-0.05, 0) is 45.2 Å². The molecule has 16 heavy (non-hydrogen) atoms. The maximum Gasteiger partial charge on any atom is 0.000750 e. The largest absolute Gasteiger partial charge is 0.303 e. The van der Waals surface area contributed by atoms with Crippen molar-refractivity contribution < 1.29 is 0 Å². The lowest BCUT2D eigenvalue weighted by Gasteiger charge is -2.13. The van der Waals surface area contributed by atoms with E-state index in [1.54, 1.807) is 6.08 Å². The van der Waals surface area contributed by atoms with Crippen LogP contribution in [-0.2, 0) is 0 Å². The summed E-state index contributed by atoms with van der Waals surface area (Å²) in [7, 11) is 0. The van der Waals surface area contributed by atoms with Crippen LogP contribution >= 0.6 is 0 Å². The molecule has 0 bridgehead atoms. The quantitative estimate of drug-likeness (QED) is 0.502. The molecule has 0 radical (unpaired) electrons. The second kappa shape index (κ2) is 14.4. The van der Waals surface area contributed by atoms with E-state index in [4.69, 9.17) is 0 Å². The average molecular weight is 225 g/mol. The lowest BCUT2D eigenvalue weighted by atomic mass is 10.2. The van der Waals surface area contributed by atoms with Crippen molar-refractivity contribution in [2.75, 3.05) is 19.6 Å². The van der Waals surface area contributed by atoms with Crippen LogP contribution in [0.5, 0.6) is 0 Å². The monoisotopic (exact) mass is 225 g/mol. The van der Waals surface area contributed by atoms with Gasteiger partial charge in [-0.1, -0.05) is 32.9 Å². The lowest BCUT2D eigenvalue weighted by molar-refractivity contribution is 0.324. The van der Waals surface area contributed by atoms with Crippen molar-refractivity contribution in [2.45, 2.75) is 47.0 Å². The van der Waals surface area contributed by atoms with Crippen LogP contribution in [0.15, 0.2) is 25.3 Å².